The number of imidazole rings is 4. The summed E-state index contributed by atoms with van der Waals surface area (Å²) in [5.74, 6) is 0.782. The smallest absolute Gasteiger partial charge is 0.205 e. The van der Waals surface area contributed by atoms with E-state index in [9.17, 15) is 9.50 Å². The second-order valence-electron chi connectivity index (χ2n) is 33.3. The van der Waals surface area contributed by atoms with Crippen LogP contribution in [0.3, 0.4) is 0 Å². The van der Waals surface area contributed by atoms with E-state index in [2.05, 4.69) is 273 Å². The minimum Gasteiger partial charge on any atom is -0.396 e. The first-order valence-corrected chi connectivity index (χ1v) is 44.7. The topological polar surface area (TPSA) is 257 Å². The highest BCUT2D eigenvalue weighted by Gasteiger charge is 2.22. The summed E-state index contributed by atoms with van der Waals surface area (Å²) in [4.78, 5) is 52.8. The Hall–Kier alpha value is -14.7. The van der Waals surface area contributed by atoms with Crippen LogP contribution in [-0.2, 0) is 25.7 Å². The first-order valence-electron chi connectivity index (χ1n) is 44.4. The second-order valence-corrected chi connectivity index (χ2v) is 33.7. The molecule has 0 saturated heterocycles. The van der Waals surface area contributed by atoms with E-state index in [0.29, 0.717) is 40.6 Å². The van der Waals surface area contributed by atoms with Crippen molar-refractivity contribution >= 4 is 106 Å². The third-order valence-corrected chi connectivity index (χ3v) is 24.9. The van der Waals surface area contributed by atoms with Crippen LogP contribution in [0.2, 0.25) is 5.02 Å². The van der Waals surface area contributed by atoms with Gasteiger partial charge < -0.3 is 63.9 Å². The number of hydrogen-bond acceptors (Lipinski definition) is 13. The van der Waals surface area contributed by atoms with E-state index < -0.39 is 0 Å². The lowest BCUT2D eigenvalue weighted by Crippen LogP contribution is -2.08. The van der Waals surface area contributed by atoms with E-state index in [1.165, 1.54) is 84.2 Å². The molecular weight excluding hydrogens is 1630 g/mol. The maximum absolute atomic E-state index is 13.8. The van der Waals surface area contributed by atoms with Crippen LogP contribution in [0.4, 0.5) is 32.8 Å². The fourth-order valence-corrected chi connectivity index (χ4v) is 17.1. The first kappa shape index (κ1) is 86.4. The minimum atomic E-state index is -0.383. The van der Waals surface area contributed by atoms with Crippen LogP contribution in [0.1, 0.15) is 142 Å². The molecule has 24 heteroatoms. The zero-order valence-corrected chi connectivity index (χ0v) is 74.5. The Bertz CT molecular complexity index is 6850. The van der Waals surface area contributed by atoms with E-state index in [0.717, 1.165) is 171 Å². The SMILES string of the molecule is CC(CO)c1cnc2c(NCCc3c[nH]c4ccccc34)cc(-c3cncc(F)c3)cn12.CCC(C)c1cnc2c(NCCc3c[nH]c4ccccc34)cc(-c3cncc(C)c3)cn12.CCC(C)c1cnc2c(NCCc3c[nH]c4ccccc34)cc(-c3cncc(Cl)c3)cn12.[C-]#[N+]c1cncc(-c2cc(NCCc3c[nH]c4ccccc34)c3ncc(C(C)CC)n3c2)c1. The molecule has 0 aliphatic heterocycles. The minimum absolute atomic E-state index is 0.0167. The predicted molar refractivity (Wildman–Crippen MR) is 523 cm³/mol. The lowest BCUT2D eigenvalue weighted by Gasteiger charge is -2.14. The molecule has 4 unspecified atom stereocenters. The van der Waals surface area contributed by atoms with Gasteiger partial charge in [0.05, 0.1) is 47.1 Å². The molecule has 20 rings (SSSR count). The largest absolute Gasteiger partial charge is 0.396 e. The van der Waals surface area contributed by atoms with Crippen molar-refractivity contribution in [2.24, 2.45) is 0 Å². The average Bonchev–Trinajstić information content (AvgIpc) is 1.66. The van der Waals surface area contributed by atoms with Gasteiger partial charge in [-0.3, -0.25) is 19.9 Å². The van der Waals surface area contributed by atoms with Crippen LogP contribution in [0.25, 0.3) is 116 Å². The highest BCUT2D eigenvalue weighted by atomic mass is 35.5. The fraction of sp³-hybridized carbons (Fsp3) is 0.229. The van der Waals surface area contributed by atoms with Gasteiger partial charge in [-0.1, -0.05) is 133 Å². The third-order valence-electron chi connectivity index (χ3n) is 24.7. The summed E-state index contributed by atoms with van der Waals surface area (Å²) in [6.07, 6.45) is 44.8. The summed E-state index contributed by atoms with van der Waals surface area (Å²) in [5, 5.41) is 29.8. The predicted octanol–water partition coefficient (Wildman–Crippen LogP) is 24.4. The average molecular weight is 1730 g/mol. The Kier molecular flexibility index (Phi) is 26.4. The number of aliphatic hydroxyl groups excluding tert-OH is 1. The van der Waals surface area contributed by atoms with Crippen LogP contribution < -0.4 is 21.3 Å². The maximum Gasteiger partial charge on any atom is 0.205 e. The summed E-state index contributed by atoms with van der Waals surface area (Å²) in [5.41, 5.74) is 31.3. The summed E-state index contributed by atoms with van der Waals surface area (Å²) >= 11 is 6.22. The molecule has 0 radical (unpaired) electrons. The van der Waals surface area contributed by atoms with Gasteiger partial charge in [-0.15, -0.1) is 0 Å². The number of nitrogens with one attached hydrogen (secondary N) is 8. The zero-order valence-electron chi connectivity index (χ0n) is 73.7. The van der Waals surface area contributed by atoms with Crippen molar-refractivity contribution in [2.75, 3.05) is 54.1 Å². The van der Waals surface area contributed by atoms with E-state index >= 15 is 0 Å². The molecule has 16 heterocycles. The first-order chi connectivity index (χ1) is 63.1. The normalized spacial score (nSPS) is 12.4. The van der Waals surface area contributed by atoms with Crippen molar-refractivity contribution in [3.05, 3.63) is 342 Å². The summed E-state index contributed by atoms with van der Waals surface area (Å²) in [6, 6.07) is 49.4. The molecule has 129 heavy (non-hydrogen) atoms. The molecule has 16 aromatic heterocycles. The molecular formula is C105H105ClFN21O. The van der Waals surface area contributed by atoms with Crippen molar-refractivity contribution in [2.45, 2.75) is 124 Å². The van der Waals surface area contributed by atoms with Gasteiger partial charge in [-0.05, 0) is 176 Å². The maximum atomic E-state index is 13.8. The molecule has 0 fully saturated rings. The van der Waals surface area contributed by atoms with E-state index in [4.69, 9.17) is 33.1 Å². The summed E-state index contributed by atoms with van der Waals surface area (Å²) < 4.78 is 22.4. The molecule has 0 bridgehead atoms. The van der Waals surface area contributed by atoms with Gasteiger partial charge in [-0.2, -0.15) is 0 Å². The third kappa shape index (κ3) is 19.1. The van der Waals surface area contributed by atoms with Crippen molar-refractivity contribution in [3.8, 4) is 44.5 Å². The van der Waals surface area contributed by atoms with Crippen molar-refractivity contribution in [3.63, 3.8) is 0 Å². The summed E-state index contributed by atoms with van der Waals surface area (Å²) in [6.45, 7) is 27.9. The highest BCUT2D eigenvalue weighted by Crippen LogP contribution is 2.37. The number of H-pyrrole nitrogens is 4. The van der Waals surface area contributed by atoms with Gasteiger partial charge >= 0.3 is 0 Å². The zero-order chi connectivity index (χ0) is 89.0. The molecule has 0 spiro atoms. The number of aliphatic hydroxyl groups is 1. The van der Waals surface area contributed by atoms with Gasteiger partial charge in [0.15, 0.2) is 22.6 Å². The molecule has 650 valence electrons. The monoisotopic (exact) mass is 1730 g/mol. The molecule has 4 aromatic carbocycles. The number of nitrogens with zero attached hydrogens (tertiary/aromatic N) is 13. The van der Waals surface area contributed by atoms with E-state index in [-0.39, 0.29) is 18.3 Å². The van der Waals surface area contributed by atoms with Crippen molar-refractivity contribution < 1.29 is 9.50 Å². The molecule has 0 amide bonds. The van der Waals surface area contributed by atoms with Gasteiger partial charge in [0.1, 0.15) is 5.82 Å². The number of halogens is 2. The Morgan fingerprint density at radius 1 is 0.380 bits per heavy atom. The van der Waals surface area contributed by atoms with Crippen molar-refractivity contribution in [1.29, 1.82) is 0 Å². The van der Waals surface area contributed by atoms with Gasteiger partial charge in [0.25, 0.3) is 0 Å². The number of hydrogen-bond donors (Lipinski definition) is 9. The number of aromatic nitrogens is 16. The number of benzene rings is 4. The lowest BCUT2D eigenvalue weighted by atomic mass is 10.1. The Labute approximate surface area is 753 Å². The van der Waals surface area contributed by atoms with Gasteiger partial charge in [0, 0.05) is 255 Å². The number of aromatic amines is 4. The van der Waals surface area contributed by atoms with Crippen LogP contribution in [0.15, 0.2) is 270 Å². The van der Waals surface area contributed by atoms with Crippen molar-refractivity contribution in [1.82, 2.24) is 77.4 Å². The standard InChI is InChI=1S/C27H26N6.C27H29N5.C26H26ClN5.C25H24FN5O/c1-4-18(2)26-16-32-27-25(30-10-9-19-14-31-24-8-6-5-7-23(19)24)12-21(17-33(26)27)20-11-22(28-3)15-29-13-20;1-4-19(3)26-16-31-27-25(12-22(17-32(26)27)21-11-18(2)13-28-14-21)29-10-9-20-15-30-24-8-6-5-7-23(20)24;1-3-17(2)25-15-31-26-24(11-20(16-32(25)26)19-10-21(27)14-28-12-19)29-9-8-18-13-30-23-7-5-4-6-22(18)23;1-16(15-32)24-13-30-25-23(9-19(14-31(24)25)18-8-20(26)12-27-10-18)28-7-6-17-11-29-22-5-3-2-4-21(17)22/h5-8,11-18,30-31H,4,9-10H2,1-2H3;5-8,11-17,19,29-30H,4,9-10H2,1-3H3;4-7,10-17,29-30H,3,8-9H2,1-2H3;2-5,8-14,16,28-29,32H,6-7,15H2,1H3. The Balaban J connectivity index is 0.000000121. The molecule has 4 atom stereocenters. The second kappa shape index (κ2) is 39.4. The van der Waals surface area contributed by atoms with Crippen LogP contribution >= 0.6 is 11.6 Å². The molecule has 20 aromatic rings. The molecule has 9 N–H and O–H groups in total. The Morgan fingerprint density at radius 2 is 0.690 bits per heavy atom. The van der Waals surface area contributed by atoms with Crippen LogP contribution in [-0.4, -0.2) is 115 Å². The molecule has 0 aliphatic carbocycles. The fourth-order valence-electron chi connectivity index (χ4n) is 16.9. The number of rotatable bonds is 28. The van der Waals surface area contributed by atoms with Crippen LogP contribution in [0.5, 0.6) is 0 Å². The number of pyridine rings is 8. The number of fused-ring (bicyclic) bond motifs is 8. The molecule has 22 nitrogen and oxygen atoms in total. The number of para-hydroxylation sites is 4. The van der Waals surface area contributed by atoms with E-state index in [1.54, 1.807) is 24.8 Å². The highest BCUT2D eigenvalue weighted by molar-refractivity contribution is 6.30. The van der Waals surface area contributed by atoms with E-state index in [1.807, 2.05) is 103 Å². The molecule has 0 saturated carbocycles. The number of aryl methyl sites for hydroxylation is 1. The quantitative estimate of drug-likeness (QED) is 0.0207. The Morgan fingerprint density at radius 3 is 1.02 bits per heavy atom. The number of anilines is 4. The summed E-state index contributed by atoms with van der Waals surface area (Å²) in [7, 11) is 0. The molecule has 0 aliphatic rings. The van der Waals surface area contributed by atoms with Gasteiger partial charge in [0.2, 0.25) is 5.69 Å². The van der Waals surface area contributed by atoms with Gasteiger partial charge in [-0.25, -0.2) is 29.2 Å². The lowest BCUT2D eigenvalue weighted by molar-refractivity contribution is 0.270. The van der Waals surface area contributed by atoms with Crippen LogP contribution in [0, 0.1) is 19.3 Å².